The summed E-state index contributed by atoms with van der Waals surface area (Å²) in [6.45, 7) is 1.05. The van der Waals surface area contributed by atoms with Gasteiger partial charge in [-0.3, -0.25) is 9.97 Å². The van der Waals surface area contributed by atoms with Crippen molar-refractivity contribution in [2.45, 2.75) is 14.7 Å². The summed E-state index contributed by atoms with van der Waals surface area (Å²) >= 11 is 3.20. The standard InChI is InChI=1S/C25H22N2O3S2/c1-2-15-31-23-17-27-21-10-6-4-8-19(21)25(23)32-22-16-26-20-9-5-3-7-18(20)24(22)30-14-13-29-12-11-28/h1,3-10,16-17,28H,11-15H2. The molecule has 0 spiro atoms. The van der Waals surface area contributed by atoms with Gasteiger partial charge in [0.2, 0.25) is 0 Å². The predicted octanol–water partition coefficient (Wildman–Crippen LogP) is 5.05. The molecule has 7 heteroatoms. The molecule has 5 nitrogen and oxygen atoms in total. The van der Waals surface area contributed by atoms with Crippen molar-refractivity contribution in [1.82, 2.24) is 9.97 Å². The van der Waals surface area contributed by atoms with Crippen LogP contribution < -0.4 is 4.74 Å². The lowest BCUT2D eigenvalue weighted by atomic mass is 10.2. The van der Waals surface area contributed by atoms with Crippen LogP contribution in [-0.2, 0) is 4.74 Å². The maximum absolute atomic E-state index is 8.91. The van der Waals surface area contributed by atoms with Crippen LogP contribution in [0.4, 0.5) is 0 Å². The zero-order chi connectivity index (χ0) is 22.2. The van der Waals surface area contributed by atoms with E-state index in [4.69, 9.17) is 21.0 Å². The van der Waals surface area contributed by atoms with Gasteiger partial charge in [0.1, 0.15) is 12.4 Å². The van der Waals surface area contributed by atoms with Crippen LogP contribution in [0.15, 0.2) is 75.6 Å². The van der Waals surface area contributed by atoms with Crippen LogP contribution in [0.3, 0.4) is 0 Å². The largest absolute Gasteiger partial charge is 0.489 e. The Labute approximate surface area is 195 Å². The number of hydrogen-bond donors (Lipinski definition) is 1. The van der Waals surface area contributed by atoms with E-state index >= 15 is 0 Å². The van der Waals surface area contributed by atoms with Crippen LogP contribution in [0.25, 0.3) is 21.8 Å². The van der Waals surface area contributed by atoms with Gasteiger partial charge in [-0.2, -0.15) is 0 Å². The zero-order valence-electron chi connectivity index (χ0n) is 17.4. The highest BCUT2D eigenvalue weighted by Gasteiger charge is 2.16. The average molecular weight is 463 g/mol. The van der Waals surface area contributed by atoms with Gasteiger partial charge in [0, 0.05) is 33.0 Å². The molecule has 0 aliphatic rings. The molecule has 4 aromatic rings. The normalized spacial score (nSPS) is 11.0. The van der Waals surface area contributed by atoms with Crippen LogP contribution >= 0.6 is 23.5 Å². The number of thioether (sulfide) groups is 1. The molecule has 32 heavy (non-hydrogen) atoms. The number of aromatic nitrogens is 2. The third-order valence-electron chi connectivity index (χ3n) is 4.62. The smallest absolute Gasteiger partial charge is 0.144 e. The molecule has 0 unspecified atom stereocenters. The van der Waals surface area contributed by atoms with Gasteiger partial charge in [-0.05, 0) is 18.2 Å². The number of nitrogens with zero attached hydrogens (tertiary/aromatic N) is 2. The minimum absolute atomic E-state index is 0.00743. The van der Waals surface area contributed by atoms with Crippen molar-refractivity contribution in [3.63, 3.8) is 0 Å². The second-order valence-corrected chi connectivity index (χ2v) is 8.79. The monoisotopic (exact) mass is 462 g/mol. The quantitative estimate of drug-likeness (QED) is 0.201. The number of pyridine rings is 2. The lowest BCUT2D eigenvalue weighted by molar-refractivity contribution is 0.0702. The predicted molar refractivity (Wildman–Crippen MR) is 131 cm³/mol. The summed E-state index contributed by atoms with van der Waals surface area (Å²) in [6, 6.07) is 16.0. The van der Waals surface area contributed by atoms with Gasteiger partial charge in [0.25, 0.3) is 0 Å². The third kappa shape index (κ3) is 5.17. The van der Waals surface area contributed by atoms with Crippen LogP contribution in [0.1, 0.15) is 0 Å². The van der Waals surface area contributed by atoms with E-state index in [0.29, 0.717) is 25.6 Å². The lowest BCUT2D eigenvalue weighted by Gasteiger charge is -2.16. The zero-order valence-corrected chi connectivity index (χ0v) is 19.0. The van der Waals surface area contributed by atoms with E-state index in [1.807, 2.05) is 54.9 Å². The highest BCUT2D eigenvalue weighted by molar-refractivity contribution is 8.02. The number of rotatable bonds is 10. The summed E-state index contributed by atoms with van der Waals surface area (Å²) in [6.07, 6.45) is 9.24. The fourth-order valence-electron chi connectivity index (χ4n) is 3.22. The number of ether oxygens (including phenoxy) is 2. The molecule has 0 radical (unpaired) electrons. The number of fused-ring (bicyclic) bond motifs is 2. The van der Waals surface area contributed by atoms with E-state index in [1.165, 1.54) is 0 Å². The van der Waals surface area contributed by atoms with Gasteiger partial charge in [-0.15, -0.1) is 18.2 Å². The Morgan fingerprint density at radius 3 is 2.31 bits per heavy atom. The Morgan fingerprint density at radius 1 is 0.875 bits per heavy atom. The first-order valence-corrected chi connectivity index (χ1v) is 11.9. The Bertz CT molecular complexity index is 1260. The second-order valence-electron chi connectivity index (χ2n) is 6.72. The van der Waals surface area contributed by atoms with Gasteiger partial charge in [0.15, 0.2) is 0 Å². The molecule has 2 aromatic heterocycles. The van der Waals surface area contributed by atoms with Crippen molar-refractivity contribution in [3.8, 4) is 18.1 Å². The van der Waals surface area contributed by atoms with Crippen LogP contribution in [0.5, 0.6) is 5.75 Å². The summed E-state index contributed by atoms with van der Waals surface area (Å²) in [5.74, 6) is 4.02. The van der Waals surface area contributed by atoms with E-state index in [9.17, 15) is 0 Å². The highest BCUT2D eigenvalue weighted by Crippen LogP contribution is 2.44. The number of terminal acetylenes is 1. The van der Waals surface area contributed by atoms with E-state index in [-0.39, 0.29) is 6.61 Å². The fraction of sp³-hybridized carbons (Fsp3) is 0.200. The SMILES string of the molecule is C#CCSc1cnc2ccccc2c1Sc1cnc2ccccc2c1OCCOCCO. The van der Waals surface area contributed by atoms with Crippen LogP contribution in [0, 0.1) is 12.3 Å². The number of aliphatic hydroxyl groups is 1. The molecular weight excluding hydrogens is 440 g/mol. The number of para-hydroxylation sites is 2. The van der Waals surface area contributed by atoms with Crippen molar-refractivity contribution in [1.29, 1.82) is 0 Å². The molecule has 0 fully saturated rings. The molecule has 0 saturated heterocycles. The molecule has 0 saturated carbocycles. The average Bonchev–Trinajstić information content (AvgIpc) is 2.84. The van der Waals surface area contributed by atoms with Crippen molar-refractivity contribution in [2.75, 3.05) is 32.2 Å². The minimum atomic E-state index is -0.00743. The summed E-state index contributed by atoms with van der Waals surface area (Å²) < 4.78 is 11.5. The van der Waals surface area contributed by atoms with E-state index in [1.54, 1.807) is 23.5 Å². The van der Waals surface area contributed by atoms with Crippen molar-refractivity contribution in [3.05, 3.63) is 60.9 Å². The maximum atomic E-state index is 8.91. The first kappa shape index (κ1) is 22.4. The second kappa shape index (κ2) is 11.2. The summed E-state index contributed by atoms with van der Waals surface area (Å²) in [5, 5.41) is 10.9. The highest BCUT2D eigenvalue weighted by atomic mass is 32.2. The minimum Gasteiger partial charge on any atom is -0.489 e. The topological polar surface area (TPSA) is 64.5 Å². The van der Waals surface area contributed by atoms with Gasteiger partial charge in [-0.25, -0.2) is 0 Å². The lowest BCUT2D eigenvalue weighted by Crippen LogP contribution is -2.10. The van der Waals surface area contributed by atoms with E-state index in [2.05, 4.69) is 22.0 Å². The summed E-state index contributed by atoms with van der Waals surface area (Å²) in [4.78, 5) is 12.3. The number of hydrogen-bond acceptors (Lipinski definition) is 7. The Hall–Kier alpha value is -2.76. The fourth-order valence-corrected chi connectivity index (χ4v) is 5.16. The Morgan fingerprint density at radius 2 is 1.56 bits per heavy atom. The number of aliphatic hydroxyl groups excluding tert-OH is 1. The van der Waals surface area contributed by atoms with Crippen LogP contribution in [-0.4, -0.2) is 47.3 Å². The van der Waals surface area contributed by atoms with Gasteiger partial charge in [-0.1, -0.05) is 48.0 Å². The molecule has 0 atom stereocenters. The van der Waals surface area contributed by atoms with Crippen molar-refractivity contribution >= 4 is 45.3 Å². The van der Waals surface area contributed by atoms with Crippen molar-refractivity contribution in [2.24, 2.45) is 0 Å². The Balaban J connectivity index is 1.74. The molecule has 162 valence electrons. The molecule has 0 aliphatic heterocycles. The molecule has 0 aliphatic carbocycles. The van der Waals surface area contributed by atoms with Gasteiger partial charge in [0.05, 0.1) is 41.5 Å². The van der Waals surface area contributed by atoms with E-state index in [0.717, 1.165) is 42.2 Å². The molecule has 4 rings (SSSR count). The van der Waals surface area contributed by atoms with Gasteiger partial charge >= 0.3 is 0 Å². The molecule has 0 amide bonds. The third-order valence-corrected chi connectivity index (χ3v) is 6.83. The Kier molecular flexibility index (Phi) is 7.86. The number of benzene rings is 2. The first-order chi connectivity index (χ1) is 15.8. The molecule has 2 heterocycles. The first-order valence-electron chi connectivity index (χ1n) is 10.1. The molecule has 1 N–H and O–H groups in total. The molecule has 0 bridgehead atoms. The van der Waals surface area contributed by atoms with Crippen LogP contribution in [0.2, 0.25) is 0 Å². The summed E-state index contributed by atoms with van der Waals surface area (Å²) in [7, 11) is 0. The van der Waals surface area contributed by atoms with Gasteiger partial charge < -0.3 is 14.6 Å². The van der Waals surface area contributed by atoms with Crippen molar-refractivity contribution < 1.29 is 14.6 Å². The molecular formula is C25H22N2O3S2. The van der Waals surface area contributed by atoms with E-state index < -0.39 is 0 Å². The summed E-state index contributed by atoms with van der Waals surface area (Å²) in [5.41, 5.74) is 1.79. The maximum Gasteiger partial charge on any atom is 0.144 e. The molecule has 2 aromatic carbocycles.